The Balaban J connectivity index is 2.07. The van der Waals surface area contributed by atoms with Gasteiger partial charge in [-0.3, -0.25) is 0 Å². The minimum Gasteiger partial charge on any atom is -0.396 e. The van der Waals surface area contributed by atoms with Gasteiger partial charge in [-0.15, -0.1) is 0 Å². The fourth-order valence-corrected chi connectivity index (χ4v) is 5.11. The third-order valence-electron chi connectivity index (χ3n) is 4.11. The monoisotopic (exact) mass is 261 g/mol. The number of aliphatic hydroxyl groups is 1. The van der Waals surface area contributed by atoms with E-state index in [0.717, 1.165) is 19.3 Å². The SMILES string of the molecule is O=S(=O)(CCCO)N1CCCC2CCCCC21. The van der Waals surface area contributed by atoms with E-state index in [-0.39, 0.29) is 18.4 Å². The summed E-state index contributed by atoms with van der Waals surface area (Å²) < 4.78 is 26.2. The average Bonchev–Trinajstić information content (AvgIpc) is 2.36. The third kappa shape index (κ3) is 3.01. The van der Waals surface area contributed by atoms with Gasteiger partial charge in [-0.1, -0.05) is 12.8 Å². The molecule has 0 aromatic carbocycles. The number of piperidine rings is 1. The van der Waals surface area contributed by atoms with Crippen LogP contribution in [0.4, 0.5) is 0 Å². The van der Waals surface area contributed by atoms with E-state index in [1.54, 1.807) is 4.31 Å². The fourth-order valence-electron chi connectivity index (χ4n) is 3.29. The molecule has 1 heterocycles. The molecule has 2 unspecified atom stereocenters. The first-order valence-electron chi connectivity index (χ1n) is 6.75. The molecule has 2 rings (SSSR count). The molecule has 1 saturated heterocycles. The number of fused-ring (bicyclic) bond motifs is 1. The second-order valence-corrected chi connectivity index (χ2v) is 7.30. The molecule has 17 heavy (non-hydrogen) atoms. The second-order valence-electron chi connectivity index (χ2n) is 5.26. The number of hydrogen-bond acceptors (Lipinski definition) is 3. The van der Waals surface area contributed by atoms with Gasteiger partial charge in [-0.2, -0.15) is 4.31 Å². The van der Waals surface area contributed by atoms with E-state index in [4.69, 9.17) is 5.11 Å². The minimum atomic E-state index is -3.14. The number of sulfonamides is 1. The van der Waals surface area contributed by atoms with Crippen LogP contribution in [-0.2, 0) is 10.0 Å². The Morgan fingerprint density at radius 2 is 1.82 bits per heavy atom. The second kappa shape index (κ2) is 5.67. The molecule has 5 heteroatoms. The molecule has 2 fully saturated rings. The molecule has 2 atom stereocenters. The molecular formula is C12H23NO3S. The fraction of sp³-hybridized carbons (Fsp3) is 1.00. The number of nitrogens with zero attached hydrogens (tertiary/aromatic N) is 1. The Labute approximate surface area is 104 Å². The van der Waals surface area contributed by atoms with Gasteiger partial charge in [0.15, 0.2) is 0 Å². The lowest BCUT2D eigenvalue weighted by Crippen LogP contribution is -2.50. The Morgan fingerprint density at radius 1 is 1.12 bits per heavy atom. The van der Waals surface area contributed by atoms with E-state index in [0.29, 0.717) is 18.9 Å². The maximum absolute atomic E-state index is 12.2. The van der Waals surface area contributed by atoms with Crippen molar-refractivity contribution in [2.24, 2.45) is 5.92 Å². The van der Waals surface area contributed by atoms with Gasteiger partial charge in [0.25, 0.3) is 0 Å². The van der Waals surface area contributed by atoms with Gasteiger partial charge in [-0.25, -0.2) is 8.42 Å². The maximum atomic E-state index is 12.2. The molecular weight excluding hydrogens is 238 g/mol. The van der Waals surface area contributed by atoms with Gasteiger partial charge in [0.1, 0.15) is 0 Å². The summed E-state index contributed by atoms with van der Waals surface area (Å²) in [6, 6.07) is 0.251. The van der Waals surface area contributed by atoms with E-state index in [9.17, 15) is 8.42 Å². The van der Waals surface area contributed by atoms with Crippen LogP contribution in [0.15, 0.2) is 0 Å². The zero-order valence-corrected chi connectivity index (χ0v) is 11.2. The van der Waals surface area contributed by atoms with Gasteiger partial charge in [0.05, 0.1) is 5.75 Å². The van der Waals surface area contributed by atoms with Gasteiger partial charge in [-0.05, 0) is 38.0 Å². The Hall–Kier alpha value is -0.130. The topological polar surface area (TPSA) is 57.6 Å². The summed E-state index contributed by atoms with van der Waals surface area (Å²) >= 11 is 0. The van der Waals surface area contributed by atoms with Crippen LogP contribution in [0.1, 0.15) is 44.9 Å². The number of rotatable bonds is 4. The minimum absolute atomic E-state index is 0.0405. The van der Waals surface area contributed by atoms with Gasteiger partial charge < -0.3 is 5.11 Å². The van der Waals surface area contributed by atoms with Crippen molar-refractivity contribution >= 4 is 10.0 Å². The van der Waals surface area contributed by atoms with E-state index >= 15 is 0 Å². The highest BCUT2D eigenvalue weighted by Crippen LogP contribution is 2.36. The van der Waals surface area contributed by atoms with Crippen LogP contribution in [-0.4, -0.2) is 42.8 Å². The first-order valence-corrected chi connectivity index (χ1v) is 8.36. The first kappa shape index (κ1) is 13.3. The molecule has 0 aromatic rings. The van der Waals surface area contributed by atoms with Crippen molar-refractivity contribution in [3.63, 3.8) is 0 Å². The van der Waals surface area contributed by atoms with Gasteiger partial charge in [0.2, 0.25) is 10.0 Å². The summed E-state index contributed by atoms with van der Waals surface area (Å²) in [5.41, 5.74) is 0. The molecule has 1 saturated carbocycles. The van der Waals surface area contributed by atoms with Crippen LogP contribution in [0.3, 0.4) is 0 Å². The summed E-state index contributed by atoms with van der Waals surface area (Å²) in [7, 11) is -3.14. The van der Waals surface area contributed by atoms with Crippen molar-refractivity contribution in [2.45, 2.75) is 51.0 Å². The van der Waals surface area contributed by atoms with Crippen LogP contribution < -0.4 is 0 Å². The van der Waals surface area contributed by atoms with Gasteiger partial charge >= 0.3 is 0 Å². The normalized spacial score (nSPS) is 31.1. The molecule has 0 aromatic heterocycles. The Morgan fingerprint density at radius 3 is 2.59 bits per heavy atom. The molecule has 100 valence electrons. The molecule has 0 bridgehead atoms. The summed E-state index contributed by atoms with van der Waals surface area (Å²) in [4.78, 5) is 0. The largest absolute Gasteiger partial charge is 0.396 e. The molecule has 4 nitrogen and oxygen atoms in total. The molecule has 1 aliphatic heterocycles. The van der Waals surface area contributed by atoms with E-state index < -0.39 is 10.0 Å². The summed E-state index contributed by atoms with van der Waals surface area (Å²) in [6.07, 6.45) is 7.19. The summed E-state index contributed by atoms with van der Waals surface area (Å²) in [5.74, 6) is 0.689. The predicted octanol–water partition coefficient (Wildman–Crippen LogP) is 1.35. The van der Waals surface area contributed by atoms with Crippen molar-refractivity contribution in [3.05, 3.63) is 0 Å². The third-order valence-corrected chi connectivity index (χ3v) is 6.08. The molecule has 2 aliphatic rings. The molecule has 0 amide bonds. The quantitative estimate of drug-likeness (QED) is 0.831. The van der Waals surface area contributed by atoms with Crippen LogP contribution in [0.25, 0.3) is 0 Å². The van der Waals surface area contributed by atoms with Crippen LogP contribution in [0.2, 0.25) is 0 Å². The van der Waals surface area contributed by atoms with Crippen LogP contribution >= 0.6 is 0 Å². The van der Waals surface area contributed by atoms with Gasteiger partial charge in [0, 0.05) is 19.2 Å². The van der Waals surface area contributed by atoms with Crippen molar-refractivity contribution in [1.82, 2.24) is 4.31 Å². The lowest BCUT2D eigenvalue weighted by atomic mass is 9.79. The average molecular weight is 261 g/mol. The lowest BCUT2D eigenvalue weighted by molar-refractivity contribution is 0.129. The highest BCUT2D eigenvalue weighted by molar-refractivity contribution is 7.89. The number of aliphatic hydroxyl groups excluding tert-OH is 1. The summed E-state index contributed by atoms with van der Waals surface area (Å²) in [5, 5.41) is 8.78. The molecule has 1 aliphatic carbocycles. The molecule has 0 spiro atoms. The zero-order chi connectivity index (χ0) is 12.3. The predicted molar refractivity (Wildman–Crippen MR) is 67.2 cm³/mol. The van der Waals surface area contributed by atoms with Crippen molar-refractivity contribution in [1.29, 1.82) is 0 Å². The lowest BCUT2D eigenvalue weighted by Gasteiger charge is -2.43. The summed E-state index contributed by atoms with van der Waals surface area (Å²) in [6.45, 7) is 0.649. The highest BCUT2D eigenvalue weighted by atomic mass is 32.2. The van der Waals surface area contributed by atoms with Crippen LogP contribution in [0.5, 0.6) is 0 Å². The Bertz CT molecular complexity index is 340. The Kier molecular flexibility index (Phi) is 4.44. The highest BCUT2D eigenvalue weighted by Gasteiger charge is 2.38. The standard InChI is InChI=1S/C12H23NO3S/c14-9-4-10-17(15,16)13-8-3-6-11-5-1-2-7-12(11)13/h11-12,14H,1-10H2. The molecule has 1 N–H and O–H groups in total. The van der Waals surface area contributed by atoms with E-state index in [1.807, 2.05) is 0 Å². The van der Waals surface area contributed by atoms with E-state index in [1.165, 1.54) is 19.3 Å². The maximum Gasteiger partial charge on any atom is 0.214 e. The van der Waals surface area contributed by atoms with Crippen molar-refractivity contribution < 1.29 is 13.5 Å². The smallest absolute Gasteiger partial charge is 0.214 e. The number of hydrogen-bond donors (Lipinski definition) is 1. The molecule has 0 radical (unpaired) electrons. The first-order chi connectivity index (χ1) is 8.15. The zero-order valence-electron chi connectivity index (χ0n) is 10.3. The van der Waals surface area contributed by atoms with Crippen molar-refractivity contribution in [3.8, 4) is 0 Å². The van der Waals surface area contributed by atoms with Crippen molar-refractivity contribution in [2.75, 3.05) is 18.9 Å². The van der Waals surface area contributed by atoms with Crippen LogP contribution in [0, 0.1) is 5.92 Å². The van der Waals surface area contributed by atoms with E-state index in [2.05, 4.69) is 0 Å².